The molecule has 1 unspecified atom stereocenters. The smallest absolute Gasteiger partial charge is 0.321 e. The number of amides is 3. The summed E-state index contributed by atoms with van der Waals surface area (Å²) >= 11 is 3.32. The van der Waals surface area contributed by atoms with Crippen LogP contribution in [-0.2, 0) is 4.79 Å². The minimum Gasteiger partial charge on any atom is -0.478 e. The molecule has 0 spiro atoms. The first kappa shape index (κ1) is 15.3. The standard InChI is InChI=1S/C12H16BrN3O3/c1-6-4-8(13)5-9(14)10(6)19-7(2)11(17)16-12(18)15-3/h4-5,7H,14H2,1-3H3,(H2,15,16,17,18). The van der Waals surface area contributed by atoms with E-state index < -0.39 is 18.0 Å². The molecule has 19 heavy (non-hydrogen) atoms. The van der Waals surface area contributed by atoms with Crippen molar-refractivity contribution < 1.29 is 14.3 Å². The molecular formula is C12H16BrN3O3. The van der Waals surface area contributed by atoms with Crippen LogP contribution in [0.1, 0.15) is 12.5 Å². The van der Waals surface area contributed by atoms with Gasteiger partial charge in [-0.15, -0.1) is 0 Å². The quantitative estimate of drug-likeness (QED) is 0.733. The van der Waals surface area contributed by atoms with Gasteiger partial charge in [0.15, 0.2) is 6.10 Å². The van der Waals surface area contributed by atoms with E-state index in [1.807, 2.05) is 13.0 Å². The lowest BCUT2D eigenvalue weighted by Crippen LogP contribution is -2.44. The van der Waals surface area contributed by atoms with E-state index >= 15 is 0 Å². The highest BCUT2D eigenvalue weighted by Gasteiger charge is 2.19. The maximum atomic E-state index is 11.7. The number of hydrogen-bond acceptors (Lipinski definition) is 4. The van der Waals surface area contributed by atoms with Crippen LogP contribution in [0.5, 0.6) is 5.75 Å². The zero-order valence-electron chi connectivity index (χ0n) is 10.9. The zero-order chi connectivity index (χ0) is 14.6. The van der Waals surface area contributed by atoms with E-state index in [0.29, 0.717) is 11.4 Å². The molecule has 0 saturated heterocycles. The summed E-state index contributed by atoms with van der Waals surface area (Å²) in [6, 6.07) is 2.93. The maximum Gasteiger partial charge on any atom is 0.321 e. The van der Waals surface area contributed by atoms with Crippen molar-refractivity contribution in [3.8, 4) is 5.75 Å². The molecule has 0 aliphatic carbocycles. The fourth-order valence-electron chi connectivity index (χ4n) is 1.42. The van der Waals surface area contributed by atoms with Crippen LogP contribution in [0.15, 0.2) is 16.6 Å². The first-order valence-corrected chi connectivity index (χ1v) is 6.39. The van der Waals surface area contributed by atoms with Gasteiger partial charge in [-0.1, -0.05) is 15.9 Å². The van der Waals surface area contributed by atoms with Crippen molar-refractivity contribution in [2.45, 2.75) is 20.0 Å². The lowest BCUT2D eigenvalue weighted by molar-refractivity contribution is -0.126. The summed E-state index contributed by atoms with van der Waals surface area (Å²) in [6.07, 6.45) is -0.834. The number of halogens is 1. The molecule has 0 heterocycles. The minimum absolute atomic E-state index is 0.423. The van der Waals surface area contributed by atoms with Crippen LogP contribution in [0.3, 0.4) is 0 Å². The molecule has 1 aromatic carbocycles. The van der Waals surface area contributed by atoms with E-state index in [2.05, 4.69) is 26.6 Å². The summed E-state index contributed by atoms with van der Waals surface area (Å²) in [7, 11) is 1.42. The Labute approximate surface area is 119 Å². The monoisotopic (exact) mass is 329 g/mol. The van der Waals surface area contributed by atoms with Gasteiger partial charge in [0.05, 0.1) is 5.69 Å². The van der Waals surface area contributed by atoms with E-state index in [9.17, 15) is 9.59 Å². The molecule has 1 aromatic rings. The highest BCUT2D eigenvalue weighted by molar-refractivity contribution is 9.10. The van der Waals surface area contributed by atoms with E-state index in [0.717, 1.165) is 10.0 Å². The van der Waals surface area contributed by atoms with Crippen LogP contribution in [0.2, 0.25) is 0 Å². The van der Waals surface area contributed by atoms with E-state index in [1.54, 1.807) is 13.0 Å². The van der Waals surface area contributed by atoms with Crippen LogP contribution < -0.4 is 21.1 Å². The van der Waals surface area contributed by atoms with Crippen molar-refractivity contribution in [3.63, 3.8) is 0 Å². The second kappa shape index (κ2) is 6.42. The predicted molar refractivity (Wildman–Crippen MR) is 76.0 cm³/mol. The van der Waals surface area contributed by atoms with Crippen LogP contribution in [0.25, 0.3) is 0 Å². The molecule has 7 heteroatoms. The van der Waals surface area contributed by atoms with E-state index in [-0.39, 0.29) is 0 Å². The van der Waals surface area contributed by atoms with Gasteiger partial charge in [-0.2, -0.15) is 0 Å². The second-order valence-electron chi connectivity index (χ2n) is 3.97. The summed E-state index contributed by atoms with van der Waals surface area (Å²) in [4.78, 5) is 22.7. The largest absolute Gasteiger partial charge is 0.478 e. The molecule has 0 saturated carbocycles. The summed E-state index contributed by atoms with van der Waals surface area (Å²) in [6.45, 7) is 3.36. The Hall–Kier alpha value is -1.76. The average molecular weight is 330 g/mol. The number of aryl methyl sites for hydroxylation is 1. The number of carbonyl (C=O) groups is 2. The molecule has 3 amide bonds. The molecule has 0 aromatic heterocycles. The number of nitrogen functional groups attached to an aromatic ring is 1. The Morgan fingerprint density at radius 3 is 2.58 bits per heavy atom. The van der Waals surface area contributed by atoms with Gasteiger partial charge in [0, 0.05) is 11.5 Å². The number of nitrogens with one attached hydrogen (secondary N) is 2. The number of imide groups is 1. The highest BCUT2D eigenvalue weighted by atomic mass is 79.9. The Morgan fingerprint density at radius 2 is 2.05 bits per heavy atom. The first-order valence-electron chi connectivity index (χ1n) is 5.60. The molecule has 0 fully saturated rings. The number of nitrogens with two attached hydrogens (primary N) is 1. The number of rotatable bonds is 3. The van der Waals surface area contributed by atoms with Gasteiger partial charge in [0.1, 0.15) is 5.75 Å². The molecule has 1 atom stereocenters. The van der Waals surface area contributed by atoms with E-state index in [1.165, 1.54) is 7.05 Å². The van der Waals surface area contributed by atoms with E-state index in [4.69, 9.17) is 10.5 Å². The third-order valence-corrected chi connectivity index (χ3v) is 2.85. The molecule has 1 rings (SSSR count). The molecule has 0 aliphatic heterocycles. The van der Waals surface area contributed by atoms with Gasteiger partial charge >= 0.3 is 6.03 Å². The second-order valence-corrected chi connectivity index (χ2v) is 4.89. The fourth-order valence-corrected chi connectivity index (χ4v) is 2.01. The molecule has 6 nitrogen and oxygen atoms in total. The molecular weight excluding hydrogens is 314 g/mol. The summed E-state index contributed by atoms with van der Waals surface area (Å²) in [5, 5.41) is 4.42. The van der Waals surface area contributed by atoms with Crippen molar-refractivity contribution in [3.05, 3.63) is 22.2 Å². The Kier molecular flexibility index (Phi) is 5.17. The van der Waals surface area contributed by atoms with Crippen molar-refractivity contribution >= 4 is 33.6 Å². The van der Waals surface area contributed by atoms with Crippen molar-refractivity contribution in [2.24, 2.45) is 0 Å². The zero-order valence-corrected chi connectivity index (χ0v) is 12.5. The Bertz CT molecular complexity index is 482. The summed E-state index contributed by atoms with van der Waals surface area (Å²) < 4.78 is 6.33. The number of anilines is 1. The number of carbonyl (C=O) groups excluding carboxylic acids is 2. The van der Waals surface area contributed by atoms with Crippen LogP contribution in [0.4, 0.5) is 10.5 Å². The average Bonchev–Trinajstić information content (AvgIpc) is 2.32. The van der Waals surface area contributed by atoms with Crippen LogP contribution in [0, 0.1) is 6.92 Å². The van der Waals surface area contributed by atoms with Gasteiger partial charge in [-0.25, -0.2) is 4.79 Å². The predicted octanol–water partition coefficient (Wildman–Crippen LogP) is 1.56. The molecule has 4 N–H and O–H groups in total. The van der Waals surface area contributed by atoms with Gasteiger partial charge in [-0.3, -0.25) is 10.1 Å². The normalized spacial score (nSPS) is 11.6. The molecule has 0 radical (unpaired) electrons. The molecule has 0 aliphatic rings. The number of ether oxygens (including phenoxy) is 1. The third-order valence-electron chi connectivity index (χ3n) is 2.40. The SMILES string of the molecule is CNC(=O)NC(=O)C(C)Oc1c(C)cc(Br)cc1N. The van der Waals surface area contributed by atoms with Crippen molar-refractivity contribution in [2.75, 3.05) is 12.8 Å². The lowest BCUT2D eigenvalue weighted by atomic mass is 10.2. The fraction of sp³-hybridized carbons (Fsp3) is 0.333. The first-order chi connectivity index (χ1) is 8.85. The maximum absolute atomic E-state index is 11.7. The highest BCUT2D eigenvalue weighted by Crippen LogP contribution is 2.30. The molecule has 104 valence electrons. The Balaban J connectivity index is 2.80. The summed E-state index contributed by atoms with van der Waals surface area (Å²) in [5.74, 6) is -0.108. The van der Waals surface area contributed by atoms with Gasteiger partial charge < -0.3 is 15.8 Å². The van der Waals surface area contributed by atoms with Crippen LogP contribution >= 0.6 is 15.9 Å². The van der Waals surface area contributed by atoms with Crippen molar-refractivity contribution in [1.82, 2.24) is 10.6 Å². The van der Waals surface area contributed by atoms with Crippen LogP contribution in [-0.4, -0.2) is 25.1 Å². The number of hydrogen-bond donors (Lipinski definition) is 3. The topological polar surface area (TPSA) is 93.5 Å². The summed E-state index contributed by atoms with van der Waals surface area (Å²) in [5.41, 5.74) is 7.05. The van der Waals surface area contributed by atoms with Gasteiger partial charge in [0.25, 0.3) is 5.91 Å². The Morgan fingerprint density at radius 1 is 1.42 bits per heavy atom. The van der Waals surface area contributed by atoms with Gasteiger partial charge in [0.2, 0.25) is 0 Å². The molecule has 0 bridgehead atoms. The van der Waals surface area contributed by atoms with Crippen molar-refractivity contribution in [1.29, 1.82) is 0 Å². The van der Waals surface area contributed by atoms with Gasteiger partial charge in [-0.05, 0) is 31.5 Å². The number of benzene rings is 1. The number of urea groups is 1. The third kappa shape index (κ3) is 4.13. The lowest BCUT2D eigenvalue weighted by Gasteiger charge is -2.17. The minimum atomic E-state index is -0.834.